The van der Waals surface area contributed by atoms with Gasteiger partial charge in [0.25, 0.3) is 11.5 Å². The van der Waals surface area contributed by atoms with Crippen LogP contribution in [0, 0.1) is 0 Å². The number of rotatable bonds is 2. The van der Waals surface area contributed by atoms with E-state index in [1.165, 1.54) is 4.57 Å². The number of aryl methyl sites for hydroxylation is 1. The number of benzene rings is 1. The average molecular weight is 334 g/mol. The Labute approximate surface area is 141 Å². The predicted octanol–water partition coefficient (Wildman–Crippen LogP) is 1.59. The number of hydrogen-bond donors (Lipinski definition) is 1. The molecule has 3 rings (SSSR count). The Morgan fingerprint density at radius 1 is 1.17 bits per heavy atom. The molecule has 6 heteroatoms. The van der Waals surface area contributed by atoms with E-state index in [0.29, 0.717) is 13.1 Å². The van der Waals surface area contributed by atoms with E-state index in [-0.39, 0.29) is 35.5 Å². The molecule has 2 aromatic rings. The van der Waals surface area contributed by atoms with Gasteiger partial charge in [0, 0.05) is 38.9 Å². The van der Waals surface area contributed by atoms with E-state index in [9.17, 15) is 9.59 Å². The quantitative estimate of drug-likeness (QED) is 0.908. The maximum atomic E-state index is 12.6. The lowest BCUT2D eigenvalue weighted by molar-refractivity contribution is 0.0700. The molecule has 1 aliphatic heterocycles. The predicted molar refractivity (Wildman–Crippen MR) is 92.0 cm³/mol. The Balaban J connectivity index is 0.00000192. The van der Waals surface area contributed by atoms with Crippen LogP contribution in [0.5, 0.6) is 0 Å². The van der Waals surface area contributed by atoms with Crippen molar-refractivity contribution < 1.29 is 4.79 Å². The summed E-state index contributed by atoms with van der Waals surface area (Å²) in [6.45, 7) is 1.90. The summed E-state index contributed by atoms with van der Waals surface area (Å²) in [5.74, 6) is -0.191. The molecule has 0 radical (unpaired) electrons. The van der Waals surface area contributed by atoms with E-state index in [4.69, 9.17) is 0 Å². The van der Waals surface area contributed by atoms with Gasteiger partial charge in [-0.2, -0.15) is 0 Å². The average Bonchev–Trinajstić information content (AvgIpc) is 2.58. The fourth-order valence-corrected chi connectivity index (χ4v) is 2.77. The minimum absolute atomic E-state index is 0. The molecule has 1 fully saturated rings. The maximum absolute atomic E-state index is 12.6. The largest absolute Gasteiger partial charge is 0.335 e. The summed E-state index contributed by atoms with van der Waals surface area (Å²) in [6, 6.07) is 13.5. The van der Waals surface area contributed by atoms with Gasteiger partial charge in [-0.05, 0) is 17.7 Å². The van der Waals surface area contributed by atoms with Crippen LogP contribution in [0.3, 0.4) is 0 Å². The second kappa shape index (κ2) is 7.44. The van der Waals surface area contributed by atoms with Crippen molar-refractivity contribution in [1.29, 1.82) is 0 Å². The van der Waals surface area contributed by atoms with Gasteiger partial charge in [0.1, 0.15) is 5.56 Å². The monoisotopic (exact) mass is 333 g/mol. The second-order valence-corrected chi connectivity index (χ2v) is 5.51. The Kier molecular flexibility index (Phi) is 5.58. The van der Waals surface area contributed by atoms with E-state index in [1.807, 2.05) is 30.3 Å². The van der Waals surface area contributed by atoms with Gasteiger partial charge in [-0.15, -0.1) is 12.4 Å². The lowest BCUT2D eigenvalue weighted by Crippen LogP contribution is -2.49. The molecule has 1 aromatic carbocycles. The van der Waals surface area contributed by atoms with E-state index in [2.05, 4.69) is 5.32 Å². The number of hydrogen-bond acceptors (Lipinski definition) is 3. The summed E-state index contributed by atoms with van der Waals surface area (Å²) in [7, 11) is 1.66. The van der Waals surface area contributed by atoms with Gasteiger partial charge in [-0.25, -0.2) is 0 Å². The Morgan fingerprint density at radius 2 is 1.91 bits per heavy atom. The van der Waals surface area contributed by atoms with E-state index in [1.54, 1.807) is 30.3 Å². The summed E-state index contributed by atoms with van der Waals surface area (Å²) in [5, 5.41) is 3.42. The Hall–Kier alpha value is -2.11. The lowest BCUT2D eigenvalue weighted by Gasteiger charge is -2.34. The summed E-state index contributed by atoms with van der Waals surface area (Å²) < 4.78 is 1.43. The summed E-state index contributed by atoms with van der Waals surface area (Å²) in [6.07, 6.45) is 1.66. The third-order valence-electron chi connectivity index (χ3n) is 4.02. The van der Waals surface area contributed by atoms with Crippen LogP contribution in [0.4, 0.5) is 0 Å². The number of carbonyl (C=O) groups is 1. The minimum atomic E-state index is -0.248. The van der Waals surface area contributed by atoms with Crippen LogP contribution in [-0.2, 0) is 7.05 Å². The fraction of sp³-hybridized carbons (Fsp3) is 0.294. The van der Waals surface area contributed by atoms with Crippen LogP contribution in [0.15, 0.2) is 53.5 Å². The van der Waals surface area contributed by atoms with Crippen molar-refractivity contribution >= 4 is 18.3 Å². The van der Waals surface area contributed by atoms with Crippen LogP contribution in [-0.4, -0.2) is 35.0 Å². The number of amides is 1. The molecule has 0 saturated carbocycles. The molecule has 1 N–H and O–H groups in total. The molecule has 0 bridgehead atoms. The van der Waals surface area contributed by atoms with Gasteiger partial charge in [0.15, 0.2) is 0 Å². The van der Waals surface area contributed by atoms with E-state index < -0.39 is 0 Å². The van der Waals surface area contributed by atoms with Crippen LogP contribution in [0.2, 0.25) is 0 Å². The number of nitrogens with one attached hydrogen (secondary N) is 1. The topological polar surface area (TPSA) is 54.3 Å². The minimum Gasteiger partial charge on any atom is -0.335 e. The zero-order valence-corrected chi connectivity index (χ0v) is 13.8. The van der Waals surface area contributed by atoms with E-state index in [0.717, 1.165) is 12.1 Å². The van der Waals surface area contributed by atoms with Gasteiger partial charge in [-0.3, -0.25) is 9.59 Å². The third-order valence-corrected chi connectivity index (χ3v) is 4.02. The van der Waals surface area contributed by atoms with Crippen LogP contribution in [0.1, 0.15) is 22.0 Å². The smallest absolute Gasteiger partial charge is 0.263 e. The molecule has 0 spiro atoms. The van der Waals surface area contributed by atoms with Crippen molar-refractivity contribution in [3.8, 4) is 0 Å². The first-order valence-corrected chi connectivity index (χ1v) is 7.40. The van der Waals surface area contributed by atoms with Gasteiger partial charge in [0.05, 0.1) is 0 Å². The number of halogens is 1. The lowest BCUT2D eigenvalue weighted by atomic mass is 10.0. The van der Waals surface area contributed by atoms with Crippen molar-refractivity contribution in [3.63, 3.8) is 0 Å². The maximum Gasteiger partial charge on any atom is 0.263 e. The molecule has 5 nitrogen and oxygen atoms in total. The number of aromatic nitrogens is 1. The Bertz CT molecular complexity index is 730. The molecule has 1 amide bonds. The number of piperazine rings is 1. The number of nitrogens with zero attached hydrogens (tertiary/aromatic N) is 2. The zero-order valence-electron chi connectivity index (χ0n) is 12.9. The number of carbonyl (C=O) groups excluding carboxylic acids is 1. The van der Waals surface area contributed by atoms with E-state index >= 15 is 0 Å². The highest BCUT2D eigenvalue weighted by molar-refractivity contribution is 5.94. The standard InChI is InChI=1S/C17H19N3O2.ClH/c1-19-10-5-8-14(16(19)21)17(22)20-11-9-18-15(12-20)13-6-3-2-4-7-13;/h2-8,10,15,18H,9,11-12H2,1H3;1H. The first-order valence-electron chi connectivity index (χ1n) is 7.40. The molecule has 1 aromatic heterocycles. The fourth-order valence-electron chi connectivity index (χ4n) is 2.77. The molecule has 2 heterocycles. The summed E-state index contributed by atoms with van der Waals surface area (Å²) >= 11 is 0. The summed E-state index contributed by atoms with van der Waals surface area (Å²) in [4.78, 5) is 26.5. The first kappa shape index (κ1) is 17.2. The molecule has 1 unspecified atom stereocenters. The van der Waals surface area contributed by atoms with Crippen LogP contribution >= 0.6 is 12.4 Å². The molecular formula is C17H20ClN3O2. The molecule has 1 atom stereocenters. The zero-order chi connectivity index (χ0) is 15.5. The third kappa shape index (κ3) is 3.63. The van der Waals surface area contributed by atoms with Crippen LogP contribution < -0.4 is 10.9 Å². The molecule has 1 saturated heterocycles. The highest BCUT2D eigenvalue weighted by atomic mass is 35.5. The first-order chi connectivity index (χ1) is 10.7. The normalized spacial score (nSPS) is 17.4. The van der Waals surface area contributed by atoms with Gasteiger partial charge < -0.3 is 14.8 Å². The van der Waals surface area contributed by atoms with Gasteiger partial charge in [0.2, 0.25) is 0 Å². The van der Waals surface area contributed by atoms with Crippen molar-refractivity contribution in [2.24, 2.45) is 7.05 Å². The van der Waals surface area contributed by atoms with Gasteiger partial charge >= 0.3 is 0 Å². The molecular weight excluding hydrogens is 314 g/mol. The Morgan fingerprint density at radius 3 is 2.65 bits per heavy atom. The SMILES string of the molecule is Cl.Cn1cccc(C(=O)N2CCNC(c3ccccc3)C2)c1=O. The second-order valence-electron chi connectivity index (χ2n) is 5.51. The highest BCUT2D eigenvalue weighted by Crippen LogP contribution is 2.17. The van der Waals surface area contributed by atoms with Crippen molar-refractivity contribution in [2.75, 3.05) is 19.6 Å². The number of pyridine rings is 1. The highest BCUT2D eigenvalue weighted by Gasteiger charge is 2.26. The van der Waals surface area contributed by atoms with Crippen molar-refractivity contribution in [2.45, 2.75) is 6.04 Å². The molecule has 23 heavy (non-hydrogen) atoms. The molecule has 1 aliphatic rings. The molecule has 0 aliphatic carbocycles. The summed E-state index contributed by atoms with van der Waals surface area (Å²) in [5.41, 5.74) is 1.14. The van der Waals surface area contributed by atoms with Gasteiger partial charge in [-0.1, -0.05) is 30.3 Å². The van der Waals surface area contributed by atoms with Crippen molar-refractivity contribution in [3.05, 3.63) is 70.1 Å². The van der Waals surface area contributed by atoms with Crippen molar-refractivity contribution in [1.82, 2.24) is 14.8 Å². The molecule has 122 valence electrons. The van der Waals surface area contributed by atoms with Crippen LogP contribution in [0.25, 0.3) is 0 Å².